The minimum Gasteiger partial charge on any atom is -0.345 e. The van der Waals surface area contributed by atoms with E-state index < -0.39 is 5.92 Å². The van der Waals surface area contributed by atoms with Gasteiger partial charge in [-0.15, -0.1) is 5.92 Å². The van der Waals surface area contributed by atoms with E-state index in [1.165, 1.54) is 0 Å². The van der Waals surface area contributed by atoms with Gasteiger partial charge in [-0.05, 0) is 67.9 Å². The van der Waals surface area contributed by atoms with Gasteiger partial charge in [0.05, 0.1) is 0 Å². The van der Waals surface area contributed by atoms with E-state index in [1.54, 1.807) is 11.8 Å². The molecule has 2 fully saturated rings. The van der Waals surface area contributed by atoms with E-state index in [9.17, 15) is 14.4 Å². The molecule has 1 aliphatic heterocycles. The van der Waals surface area contributed by atoms with Gasteiger partial charge in [0.25, 0.3) is 0 Å². The zero-order chi connectivity index (χ0) is 18.9. The molecule has 3 rings (SSSR count). The molecule has 0 atom stereocenters. The van der Waals surface area contributed by atoms with Gasteiger partial charge in [0.2, 0.25) is 6.41 Å². The van der Waals surface area contributed by atoms with Crippen LogP contribution in [0.25, 0.3) is 0 Å². The van der Waals surface area contributed by atoms with E-state index in [-0.39, 0.29) is 17.0 Å². The number of rotatable bonds is 2. The molecule has 0 unspecified atom stereocenters. The molecule has 1 spiro atoms. The number of amides is 1. The molecule has 26 heavy (non-hydrogen) atoms. The number of aryl methyl sites for hydroxylation is 2. The smallest absolute Gasteiger partial charge is 0.209 e. The standard InChI is InChI=1S/C22H25NO3/c1-4-5-17-10-15(2)20(16(3)11-17)21-18(25)12-22(13-19(21)26)6-8-23(14-24)9-7-22/h10-11,14,21H,6-9,12-13H2,1-3H3. The number of likely N-dealkylation sites (tertiary alicyclic amines) is 1. The minimum absolute atomic E-state index is 0.0290. The largest absolute Gasteiger partial charge is 0.345 e. The highest BCUT2D eigenvalue weighted by Gasteiger charge is 2.47. The number of nitrogens with zero attached hydrogens (tertiary/aromatic N) is 1. The lowest BCUT2D eigenvalue weighted by Crippen LogP contribution is -2.46. The van der Waals surface area contributed by atoms with Gasteiger partial charge in [0.1, 0.15) is 17.5 Å². The Morgan fingerprint density at radius 2 is 1.62 bits per heavy atom. The first-order chi connectivity index (χ1) is 12.4. The molecule has 1 aromatic carbocycles. The van der Waals surface area contributed by atoms with Crippen LogP contribution in [0.4, 0.5) is 0 Å². The highest BCUT2D eigenvalue weighted by Crippen LogP contribution is 2.46. The maximum absolute atomic E-state index is 13.0. The SMILES string of the molecule is CC#Cc1cc(C)c(C2C(=O)CC3(CCN(C=O)CC3)CC2=O)c(C)c1. The van der Waals surface area contributed by atoms with Gasteiger partial charge >= 0.3 is 0 Å². The third kappa shape index (κ3) is 3.31. The lowest BCUT2D eigenvalue weighted by molar-refractivity contribution is -0.138. The van der Waals surface area contributed by atoms with E-state index in [1.807, 2.05) is 26.0 Å². The summed E-state index contributed by atoms with van der Waals surface area (Å²) in [6.07, 6.45) is 3.20. The quantitative estimate of drug-likeness (QED) is 0.468. The van der Waals surface area contributed by atoms with E-state index in [0.29, 0.717) is 25.9 Å². The number of benzene rings is 1. The minimum atomic E-state index is -0.645. The van der Waals surface area contributed by atoms with Crippen molar-refractivity contribution in [2.45, 2.75) is 52.4 Å². The predicted octanol–water partition coefficient (Wildman–Crippen LogP) is 2.93. The van der Waals surface area contributed by atoms with Crippen molar-refractivity contribution >= 4 is 18.0 Å². The van der Waals surface area contributed by atoms with Gasteiger partial charge < -0.3 is 4.90 Å². The van der Waals surface area contributed by atoms with Crippen molar-refractivity contribution in [2.24, 2.45) is 5.41 Å². The summed E-state index contributed by atoms with van der Waals surface area (Å²) < 4.78 is 0. The Morgan fingerprint density at radius 3 is 2.08 bits per heavy atom. The molecule has 1 saturated carbocycles. The average Bonchev–Trinajstić information content (AvgIpc) is 2.58. The van der Waals surface area contributed by atoms with Crippen molar-refractivity contribution < 1.29 is 14.4 Å². The lowest BCUT2D eigenvalue weighted by Gasteiger charge is -2.44. The number of ketones is 2. The van der Waals surface area contributed by atoms with E-state index in [0.717, 1.165) is 41.5 Å². The van der Waals surface area contributed by atoms with Gasteiger partial charge in [-0.3, -0.25) is 14.4 Å². The molecule has 2 aliphatic rings. The summed E-state index contributed by atoms with van der Waals surface area (Å²) in [5, 5.41) is 0. The Hall–Kier alpha value is -2.41. The number of carbonyl (C=O) groups is 3. The Balaban J connectivity index is 1.88. The number of hydrogen-bond acceptors (Lipinski definition) is 3. The molecule has 0 N–H and O–H groups in total. The summed E-state index contributed by atoms with van der Waals surface area (Å²) in [6, 6.07) is 3.93. The third-order valence-corrected chi connectivity index (χ3v) is 5.90. The molecule has 4 heteroatoms. The summed E-state index contributed by atoms with van der Waals surface area (Å²) >= 11 is 0. The lowest BCUT2D eigenvalue weighted by atomic mass is 9.62. The monoisotopic (exact) mass is 351 g/mol. The van der Waals surface area contributed by atoms with Crippen LogP contribution in [0.15, 0.2) is 12.1 Å². The van der Waals surface area contributed by atoms with Crippen LogP contribution in [-0.2, 0) is 14.4 Å². The highest BCUT2D eigenvalue weighted by atomic mass is 16.2. The Kier molecular flexibility index (Phi) is 5.00. The Morgan fingerprint density at radius 1 is 1.08 bits per heavy atom. The van der Waals surface area contributed by atoms with Crippen LogP contribution in [0, 0.1) is 31.1 Å². The second-order valence-electron chi connectivity index (χ2n) is 7.76. The number of hydrogen-bond donors (Lipinski definition) is 0. The van der Waals surface area contributed by atoms with Crippen molar-refractivity contribution in [2.75, 3.05) is 13.1 Å². The normalized spacial score (nSPS) is 20.0. The van der Waals surface area contributed by atoms with Crippen LogP contribution >= 0.6 is 0 Å². The zero-order valence-electron chi connectivity index (χ0n) is 15.7. The predicted molar refractivity (Wildman–Crippen MR) is 99.8 cm³/mol. The average molecular weight is 351 g/mol. The van der Waals surface area contributed by atoms with Gasteiger partial charge in [-0.1, -0.05) is 5.92 Å². The second-order valence-corrected chi connectivity index (χ2v) is 7.76. The fourth-order valence-electron chi connectivity index (χ4n) is 4.61. The summed E-state index contributed by atoms with van der Waals surface area (Å²) in [5.41, 5.74) is 3.45. The van der Waals surface area contributed by atoms with Crippen LogP contribution in [0.2, 0.25) is 0 Å². The van der Waals surface area contributed by atoms with Gasteiger partial charge in [-0.25, -0.2) is 0 Å². The number of Topliss-reactive ketones (excluding diaryl/α,β-unsaturated/α-hetero) is 2. The molecular formula is C22H25NO3. The fourth-order valence-corrected chi connectivity index (χ4v) is 4.61. The van der Waals surface area contributed by atoms with Crippen LogP contribution in [0.5, 0.6) is 0 Å². The van der Waals surface area contributed by atoms with Crippen molar-refractivity contribution in [3.63, 3.8) is 0 Å². The molecule has 1 heterocycles. The summed E-state index contributed by atoms with van der Waals surface area (Å²) in [5.74, 6) is 5.35. The summed E-state index contributed by atoms with van der Waals surface area (Å²) in [7, 11) is 0. The molecule has 4 nitrogen and oxygen atoms in total. The zero-order valence-corrected chi connectivity index (χ0v) is 15.7. The van der Waals surface area contributed by atoms with Crippen LogP contribution in [0.1, 0.15) is 60.8 Å². The first kappa shape index (κ1) is 18.4. The maximum Gasteiger partial charge on any atom is 0.209 e. The highest BCUT2D eigenvalue weighted by molar-refractivity contribution is 6.10. The molecule has 1 amide bonds. The van der Waals surface area contributed by atoms with Gasteiger partial charge in [-0.2, -0.15) is 0 Å². The molecule has 0 aromatic heterocycles. The fraction of sp³-hybridized carbons (Fsp3) is 0.500. The molecule has 0 radical (unpaired) electrons. The van der Waals surface area contributed by atoms with E-state index >= 15 is 0 Å². The molecule has 136 valence electrons. The second kappa shape index (κ2) is 7.07. The molecule has 1 aliphatic carbocycles. The van der Waals surface area contributed by atoms with Crippen LogP contribution in [-0.4, -0.2) is 36.0 Å². The van der Waals surface area contributed by atoms with Crippen molar-refractivity contribution in [1.29, 1.82) is 0 Å². The molecule has 1 saturated heterocycles. The molecular weight excluding hydrogens is 326 g/mol. The topological polar surface area (TPSA) is 54.5 Å². The van der Waals surface area contributed by atoms with Crippen molar-refractivity contribution in [3.05, 3.63) is 34.4 Å². The third-order valence-electron chi connectivity index (χ3n) is 5.90. The Labute approximate surface area is 155 Å². The van der Waals surface area contributed by atoms with E-state index in [2.05, 4.69) is 11.8 Å². The first-order valence-electron chi connectivity index (χ1n) is 9.18. The van der Waals surface area contributed by atoms with Crippen molar-refractivity contribution in [1.82, 2.24) is 4.90 Å². The number of carbonyl (C=O) groups excluding carboxylic acids is 3. The van der Waals surface area contributed by atoms with Crippen LogP contribution < -0.4 is 0 Å². The van der Waals surface area contributed by atoms with Gasteiger partial charge in [0.15, 0.2) is 0 Å². The number of piperidine rings is 1. The molecule has 0 bridgehead atoms. The maximum atomic E-state index is 13.0. The van der Waals surface area contributed by atoms with E-state index in [4.69, 9.17) is 0 Å². The summed E-state index contributed by atoms with van der Waals surface area (Å²) in [6.45, 7) is 6.98. The first-order valence-corrected chi connectivity index (χ1v) is 9.18. The van der Waals surface area contributed by atoms with Gasteiger partial charge in [0, 0.05) is 31.5 Å². The summed E-state index contributed by atoms with van der Waals surface area (Å²) in [4.78, 5) is 38.7. The molecule has 1 aromatic rings. The van der Waals surface area contributed by atoms with Crippen LogP contribution in [0.3, 0.4) is 0 Å². The van der Waals surface area contributed by atoms with Crippen molar-refractivity contribution in [3.8, 4) is 11.8 Å². The Bertz CT molecular complexity index is 777.